The molecule has 25 heavy (non-hydrogen) atoms. The van der Waals surface area contributed by atoms with E-state index in [1.165, 1.54) is 0 Å². The third-order valence-electron chi connectivity index (χ3n) is 4.20. The predicted molar refractivity (Wildman–Crippen MR) is 97.5 cm³/mol. The number of allylic oxidation sites excluding steroid dienone is 1. The Hall–Kier alpha value is -3.04. The van der Waals surface area contributed by atoms with Crippen LogP contribution in [0.1, 0.15) is 17.0 Å². The molecule has 3 N–H and O–H groups in total. The number of halogens is 1. The summed E-state index contributed by atoms with van der Waals surface area (Å²) in [4.78, 5) is 0. The number of H-pyrrole nitrogens is 1. The summed E-state index contributed by atoms with van der Waals surface area (Å²) in [5.74, 6) is 0.160. The molecular formula is C19H13BrN4O. The first-order valence-corrected chi connectivity index (χ1v) is 8.45. The second kappa shape index (κ2) is 6.11. The molecule has 6 heteroatoms. The maximum absolute atomic E-state index is 9.66. The quantitative estimate of drug-likeness (QED) is 0.688. The summed E-state index contributed by atoms with van der Waals surface area (Å²) in [7, 11) is 0. The van der Waals surface area contributed by atoms with Crippen LogP contribution in [0.3, 0.4) is 0 Å². The molecule has 0 spiro atoms. The molecule has 4 rings (SSSR count). The summed E-state index contributed by atoms with van der Waals surface area (Å²) in [6.07, 6.45) is 0. The van der Waals surface area contributed by atoms with Crippen molar-refractivity contribution in [3.8, 4) is 23.2 Å². The summed E-state index contributed by atoms with van der Waals surface area (Å²) in [6.45, 7) is 0. The van der Waals surface area contributed by atoms with Crippen LogP contribution in [0.4, 0.5) is 0 Å². The number of nitrogens with one attached hydrogen (secondary N) is 1. The summed E-state index contributed by atoms with van der Waals surface area (Å²) in [5.41, 5.74) is 9.93. The lowest BCUT2D eigenvalue weighted by Crippen LogP contribution is -2.20. The summed E-state index contributed by atoms with van der Waals surface area (Å²) in [6, 6.07) is 19.9. The average Bonchev–Trinajstić information content (AvgIpc) is 3.05. The Morgan fingerprint density at radius 1 is 1.12 bits per heavy atom. The molecule has 2 aromatic carbocycles. The monoisotopic (exact) mass is 392 g/mol. The van der Waals surface area contributed by atoms with Crippen LogP contribution in [0.5, 0.6) is 5.88 Å². The van der Waals surface area contributed by atoms with Crippen LogP contribution in [0.25, 0.3) is 11.3 Å². The second-order valence-electron chi connectivity index (χ2n) is 5.66. The number of aromatic nitrogens is 2. The third kappa shape index (κ3) is 2.59. The summed E-state index contributed by atoms with van der Waals surface area (Å²) >= 11 is 3.44. The molecule has 1 aliphatic heterocycles. The SMILES string of the molecule is N#CC1=C(N)Oc2n[nH]c(-c3ccccc3)c2[C@H]1c1ccc(Br)cc1. The Morgan fingerprint density at radius 2 is 1.84 bits per heavy atom. The number of aromatic amines is 1. The lowest BCUT2D eigenvalue weighted by molar-refractivity contribution is 0.379. The fourth-order valence-corrected chi connectivity index (χ4v) is 3.32. The van der Waals surface area contributed by atoms with E-state index in [9.17, 15) is 5.26 Å². The number of fused-ring (bicyclic) bond motifs is 1. The van der Waals surface area contributed by atoms with Gasteiger partial charge in [0.05, 0.1) is 17.2 Å². The lowest BCUT2D eigenvalue weighted by atomic mass is 9.83. The molecule has 2 heterocycles. The number of nitrogens with two attached hydrogens (primary N) is 1. The second-order valence-corrected chi connectivity index (χ2v) is 6.58. The fourth-order valence-electron chi connectivity index (χ4n) is 3.06. The van der Waals surface area contributed by atoms with Crippen LogP contribution in [0, 0.1) is 11.3 Å². The highest BCUT2D eigenvalue weighted by Gasteiger charge is 2.35. The molecule has 0 fully saturated rings. The topological polar surface area (TPSA) is 87.7 Å². The van der Waals surface area contributed by atoms with Gasteiger partial charge in [0.2, 0.25) is 11.8 Å². The summed E-state index contributed by atoms with van der Waals surface area (Å²) in [5, 5.41) is 17.0. The molecule has 0 amide bonds. The number of hydrogen-bond donors (Lipinski definition) is 2. The van der Waals surface area contributed by atoms with Gasteiger partial charge in [0, 0.05) is 4.47 Å². The number of nitrogens with zero attached hydrogens (tertiary/aromatic N) is 2. The Balaban J connectivity index is 1.95. The van der Waals surface area contributed by atoms with E-state index in [1.807, 2.05) is 54.6 Å². The third-order valence-corrected chi connectivity index (χ3v) is 4.73. The number of rotatable bonds is 2. The minimum atomic E-state index is -0.337. The van der Waals surface area contributed by atoms with Gasteiger partial charge in [0.15, 0.2) is 0 Å². The van der Waals surface area contributed by atoms with Gasteiger partial charge >= 0.3 is 0 Å². The van der Waals surface area contributed by atoms with Crippen molar-refractivity contribution in [1.82, 2.24) is 10.2 Å². The molecule has 0 bridgehead atoms. The van der Waals surface area contributed by atoms with E-state index in [0.29, 0.717) is 11.5 Å². The maximum Gasteiger partial charge on any atom is 0.244 e. The van der Waals surface area contributed by atoms with E-state index in [4.69, 9.17) is 10.5 Å². The van der Waals surface area contributed by atoms with Gasteiger partial charge in [-0.1, -0.05) is 58.4 Å². The van der Waals surface area contributed by atoms with Crippen LogP contribution < -0.4 is 10.5 Å². The van der Waals surface area contributed by atoms with Crippen LogP contribution in [-0.4, -0.2) is 10.2 Å². The standard InChI is InChI=1S/C19H13BrN4O/c20-13-8-6-11(7-9-13)15-14(10-21)18(22)25-19-16(15)17(23-24-19)12-4-2-1-3-5-12/h1-9,15H,22H2,(H,23,24)/t15-/m0/s1. The first-order chi connectivity index (χ1) is 12.2. The molecular weight excluding hydrogens is 380 g/mol. The summed E-state index contributed by atoms with van der Waals surface area (Å²) < 4.78 is 6.56. The number of benzene rings is 2. The number of nitriles is 1. The molecule has 0 saturated carbocycles. The van der Waals surface area contributed by atoms with Gasteiger partial charge in [-0.3, -0.25) is 5.10 Å². The minimum Gasteiger partial charge on any atom is -0.420 e. The first-order valence-electron chi connectivity index (χ1n) is 7.65. The van der Waals surface area contributed by atoms with Crippen molar-refractivity contribution in [1.29, 1.82) is 5.26 Å². The van der Waals surface area contributed by atoms with Crippen molar-refractivity contribution in [2.75, 3.05) is 0 Å². The first kappa shape index (κ1) is 15.5. The molecule has 122 valence electrons. The van der Waals surface area contributed by atoms with Crippen molar-refractivity contribution in [3.05, 3.63) is 81.7 Å². The largest absolute Gasteiger partial charge is 0.420 e. The molecule has 0 saturated heterocycles. The molecule has 3 aromatic rings. The molecule has 0 radical (unpaired) electrons. The highest BCUT2D eigenvalue weighted by molar-refractivity contribution is 9.10. The predicted octanol–water partition coefficient (Wildman–Crippen LogP) is 4.06. The van der Waals surface area contributed by atoms with Crippen molar-refractivity contribution < 1.29 is 4.74 Å². The maximum atomic E-state index is 9.66. The Bertz CT molecular complexity index is 1000. The van der Waals surface area contributed by atoms with Gasteiger partial charge in [-0.05, 0) is 23.3 Å². The van der Waals surface area contributed by atoms with Gasteiger partial charge in [0.1, 0.15) is 11.6 Å². The Kier molecular flexibility index (Phi) is 3.79. The molecule has 1 aromatic heterocycles. The van der Waals surface area contributed by atoms with Gasteiger partial charge in [0.25, 0.3) is 0 Å². The van der Waals surface area contributed by atoms with Crippen LogP contribution in [0.2, 0.25) is 0 Å². The van der Waals surface area contributed by atoms with E-state index in [1.54, 1.807) is 0 Å². The van der Waals surface area contributed by atoms with Crippen molar-refractivity contribution in [2.24, 2.45) is 5.73 Å². The van der Waals surface area contributed by atoms with Crippen LogP contribution in [0.15, 0.2) is 70.5 Å². The van der Waals surface area contributed by atoms with E-state index in [-0.39, 0.29) is 11.8 Å². The van der Waals surface area contributed by atoms with Crippen molar-refractivity contribution in [3.63, 3.8) is 0 Å². The lowest BCUT2D eigenvalue weighted by Gasteiger charge is -2.24. The normalized spacial score (nSPS) is 16.1. The minimum absolute atomic E-state index is 0.0917. The highest BCUT2D eigenvalue weighted by Crippen LogP contribution is 2.45. The van der Waals surface area contributed by atoms with E-state index >= 15 is 0 Å². The van der Waals surface area contributed by atoms with Gasteiger partial charge in [-0.2, -0.15) is 5.26 Å². The fraction of sp³-hybridized carbons (Fsp3) is 0.0526. The number of ether oxygens (including phenoxy) is 1. The molecule has 5 nitrogen and oxygen atoms in total. The zero-order valence-electron chi connectivity index (χ0n) is 13.0. The van der Waals surface area contributed by atoms with Crippen LogP contribution in [-0.2, 0) is 0 Å². The number of hydrogen-bond acceptors (Lipinski definition) is 4. The van der Waals surface area contributed by atoms with Crippen LogP contribution >= 0.6 is 15.9 Å². The van der Waals surface area contributed by atoms with Gasteiger partial charge < -0.3 is 10.5 Å². The Labute approximate surface area is 152 Å². The van der Waals surface area contributed by atoms with Gasteiger partial charge in [-0.25, -0.2) is 0 Å². The Morgan fingerprint density at radius 3 is 2.52 bits per heavy atom. The van der Waals surface area contributed by atoms with Gasteiger partial charge in [-0.15, -0.1) is 5.10 Å². The zero-order chi connectivity index (χ0) is 17.4. The van der Waals surface area contributed by atoms with E-state index in [2.05, 4.69) is 32.2 Å². The average molecular weight is 393 g/mol. The van der Waals surface area contributed by atoms with Crippen molar-refractivity contribution in [2.45, 2.75) is 5.92 Å². The van der Waals surface area contributed by atoms with E-state index in [0.717, 1.165) is 26.9 Å². The smallest absolute Gasteiger partial charge is 0.244 e. The molecule has 1 aliphatic rings. The highest BCUT2D eigenvalue weighted by atomic mass is 79.9. The molecule has 0 unspecified atom stereocenters. The zero-order valence-corrected chi connectivity index (χ0v) is 14.6. The molecule has 0 aliphatic carbocycles. The molecule has 1 atom stereocenters. The van der Waals surface area contributed by atoms with Crippen molar-refractivity contribution >= 4 is 15.9 Å². The van der Waals surface area contributed by atoms with E-state index < -0.39 is 0 Å².